The van der Waals surface area contributed by atoms with Gasteiger partial charge in [-0.25, -0.2) is 0 Å². The van der Waals surface area contributed by atoms with E-state index < -0.39 is 99.3 Å². The molecule has 0 bridgehead atoms. The van der Waals surface area contributed by atoms with E-state index in [1.807, 2.05) is 0 Å². The molecule has 2 unspecified atom stereocenters. The summed E-state index contributed by atoms with van der Waals surface area (Å²) in [7, 11) is 0. The molecular formula is C22H34N2O13. The van der Waals surface area contributed by atoms with Gasteiger partial charge in [0, 0.05) is 0 Å². The minimum Gasteiger partial charge on any atom is -0.394 e. The van der Waals surface area contributed by atoms with Gasteiger partial charge in [0.2, 0.25) is 5.91 Å². The van der Waals surface area contributed by atoms with Crippen LogP contribution in [0, 0.1) is 0 Å². The number of carbonyl (C=O) groups excluding carboxylic acids is 1. The van der Waals surface area contributed by atoms with Gasteiger partial charge >= 0.3 is 0 Å². The first-order valence-electron chi connectivity index (χ1n) is 11.6. The van der Waals surface area contributed by atoms with Gasteiger partial charge in [0.15, 0.2) is 12.5 Å². The van der Waals surface area contributed by atoms with Gasteiger partial charge in [-0.05, 0) is 5.56 Å². The van der Waals surface area contributed by atoms with Crippen molar-refractivity contribution in [3.8, 4) is 0 Å². The smallest absolute Gasteiger partial charge is 0.236 e. The lowest BCUT2D eigenvalue weighted by Gasteiger charge is -2.46. The molecule has 0 aromatic heterocycles. The lowest BCUT2D eigenvalue weighted by atomic mass is 9.96. The summed E-state index contributed by atoms with van der Waals surface area (Å²) in [6.07, 6.45) is -19.0. The van der Waals surface area contributed by atoms with E-state index in [0.717, 1.165) is 0 Å². The van der Waals surface area contributed by atoms with E-state index >= 15 is 0 Å². The molecule has 37 heavy (non-hydrogen) atoms. The fourth-order valence-electron chi connectivity index (χ4n) is 4.06. The van der Waals surface area contributed by atoms with Crippen molar-refractivity contribution in [2.45, 2.75) is 73.7 Å². The van der Waals surface area contributed by atoms with Crippen LogP contribution < -0.4 is 10.6 Å². The van der Waals surface area contributed by atoms with Crippen molar-refractivity contribution in [1.29, 1.82) is 0 Å². The number of aliphatic hydroxyl groups excluding tert-OH is 9. The maximum atomic E-state index is 12.3. The lowest BCUT2D eigenvalue weighted by Crippen LogP contribution is -2.67. The third kappa shape index (κ3) is 6.98. The first-order valence-corrected chi connectivity index (χ1v) is 11.6. The Morgan fingerprint density at radius 2 is 1.51 bits per heavy atom. The minimum atomic E-state index is -1.80. The highest BCUT2D eigenvalue weighted by Crippen LogP contribution is 2.28. The highest BCUT2D eigenvalue weighted by molar-refractivity contribution is 5.78. The molecular weight excluding hydrogens is 500 g/mol. The van der Waals surface area contributed by atoms with Crippen molar-refractivity contribution < 1.29 is 65.0 Å². The van der Waals surface area contributed by atoms with Crippen molar-refractivity contribution in [3.05, 3.63) is 35.9 Å². The molecule has 2 heterocycles. The summed E-state index contributed by atoms with van der Waals surface area (Å²) in [5.74, 6) is -0.791. The molecule has 11 N–H and O–H groups in total. The molecule has 210 valence electrons. The van der Waals surface area contributed by atoms with E-state index in [9.17, 15) is 50.8 Å². The van der Waals surface area contributed by atoms with Crippen LogP contribution in [0.2, 0.25) is 0 Å². The number of rotatable bonds is 10. The molecule has 2 aliphatic heterocycles. The number of nitrogens with one attached hydrogen (secondary N) is 2. The Kier molecular flexibility index (Phi) is 10.7. The molecule has 0 radical (unpaired) electrons. The monoisotopic (exact) mass is 534 g/mol. The Morgan fingerprint density at radius 1 is 0.865 bits per heavy atom. The van der Waals surface area contributed by atoms with Crippen LogP contribution in [0.1, 0.15) is 11.7 Å². The van der Waals surface area contributed by atoms with Crippen molar-refractivity contribution >= 4 is 5.91 Å². The standard InChI is InChI=1S/C22H34N2O13/c25-7-10-14(29)15(30)18(33)22(36-10)37-19-11(8-26)35-21(17(32)16(19)31)24-12(27)6-23-20(34)13(28)9-4-2-1-3-5-9/h1-5,10-11,13-23,25-26,28-34H,6-8H2,(H,24,27)/t10-,11-,13?,14+,15+,16-,17-,18-,19-,20?,21-,22+/m1/s1. The van der Waals surface area contributed by atoms with Crippen LogP contribution in [-0.4, -0.2) is 139 Å². The molecule has 2 fully saturated rings. The van der Waals surface area contributed by atoms with Crippen LogP contribution in [0.4, 0.5) is 0 Å². The number of benzene rings is 1. The second-order valence-electron chi connectivity index (χ2n) is 8.81. The summed E-state index contributed by atoms with van der Waals surface area (Å²) in [6.45, 7) is -2.00. The second-order valence-corrected chi connectivity index (χ2v) is 8.81. The van der Waals surface area contributed by atoms with Gasteiger partial charge in [0.05, 0.1) is 19.8 Å². The zero-order valence-corrected chi connectivity index (χ0v) is 19.6. The molecule has 1 amide bonds. The SMILES string of the molecule is O=C(CNC(O)C(O)c1ccccc1)N[C@@H]1O[C@H](CO)[C@@H](O[C@@H]2O[C@H](CO)[C@H](O)[C@H](O)[C@H]2O)[C@H](O)[C@H]1O. The van der Waals surface area contributed by atoms with E-state index in [4.69, 9.17) is 14.2 Å². The minimum absolute atomic E-state index is 0.410. The topological polar surface area (TPSA) is 251 Å². The number of carbonyl (C=O) groups is 1. The molecule has 0 spiro atoms. The van der Waals surface area contributed by atoms with E-state index in [0.29, 0.717) is 5.56 Å². The van der Waals surface area contributed by atoms with Gasteiger partial charge < -0.3 is 65.5 Å². The maximum absolute atomic E-state index is 12.3. The largest absolute Gasteiger partial charge is 0.394 e. The third-order valence-corrected chi connectivity index (χ3v) is 6.22. The van der Waals surface area contributed by atoms with Crippen molar-refractivity contribution in [3.63, 3.8) is 0 Å². The van der Waals surface area contributed by atoms with Gasteiger partial charge in [0.1, 0.15) is 61.2 Å². The summed E-state index contributed by atoms with van der Waals surface area (Å²) >= 11 is 0. The molecule has 2 aliphatic rings. The van der Waals surface area contributed by atoms with Gasteiger partial charge in [-0.2, -0.15) is 0 Å². The number of hydrogen-bond donors (Lipinski definition) is 11. The van der Waals surface area contributed by atoms with Gasteiger partial charge in [-0.1, -0.05) is 30.3 Å². The van der Waals surface area contributed by atoms with Crippen LogP contribution >= 0.6 is 0 Å². The average Bonchev–Trinajstić information content (AvgIpc) is 2.91. The number of amides is 1. The number of aliphatic hydroxyl groups is 9. The van der Waals surface area contributed by atoms with Crippen molar-refractivity contribution in [1.82, 2.24) is 10.6 Å². The zero-order valence-electron chi connectivity index (χ0n) is 19.6. The molecule has 12 atom stereocenters. The zero-order chi connectivity index (χ0) is 27.3. The molecule has 0 aliphatic carbocycles. The normalized spacial score (nSPS) is 38.1. The third-order valence-electron chi connectivity index (χ3n) is 6.22. The van der Waals surface area contributed by atoms with E-state index in [1.54, 1.807) is 30.3 Å². The summed E-state index contributed by atoms with van der Waals surface area (Å²) in [5.41, 5.74) is 0.410. The Bertz CT molecular complexity index is 847. The second kappa shape index (κ2) is 13.3. The molecule has 1 aromatic carbocycles. The lowest BCUT2D eigenvalue weighted by molar-refractivity contribution is -0.343. The number of ether oxygens (including phenoxy) is 3. The van der Waals surface area contributed by atoms with Crippen molar-refractivity contribution in [2.24, 2.45) is 0 Å². The van der Waals surface area contributed by atoms with E-state index in [2.05, 4.69) is 10.6 Å². The Balaban J connectivity index is 1.56. The first-order chi connectivity index (χ1) is 17.6. The van der Waals surface area contributed by atoms with Crippen LogP contribution in [0.5, 0.6) is 0 Å². The molecule has 15 heteroatoms. The summed E-state index contributed by atoms with van der Waals surface area (Å²) in [5, 5.41) is 95.0. The Hall–Kier alpha value is -1.83. The predicted octanol–water partition coefficient (Wildman–Crippen LogP) is -5.63. The average molecular weight is 535 g/mol. The molecule has 1 aromatic rings. The maximum Gasteiger partial charge on any atom is 0.236 e. The molecule has 0 saturated carbocycles. The fourth-order valence-corrected chi connectivity index (χ4v) is 4.06. The predicted molar refractivity (Wildman–Crippen MR) is 120 cm³/mol. The first kappa shape index (κ1) is 29.7. The molecule has 3 rings (SSSR count). The quantitative estimate of drug-likeness (QED) is 0.125. The van der Waals surface area contributed by atoms with Gasteiger partial charge in [0.25, 0.3) is 0 Å². The van der Waals surface area contributed by atoms with Crippen LogP contribution in [-0.2, 0) is 19.0 Å². The van der Waals surface area contributed by atoms with Crippen molar-refractivity contribution in [2.75, 3.05) is 19.8 Å². The van der Waals surface area contributed by atoms with Crippen LogP contribution in [0.15, 0.2) is 30.3 Å². The Morgan fingerprint density at radius 3 is 2.14 bits per heavy atom. The molecule has 2 saturated heterocycles. The van der Waals surface area contributed by atoms with Crippen LogP contribution in [0.3, 0.4) is 0 Å². The molecule has 15 nitrogen and oxygen atoms in total. The highest BCUT2D eigenvalue weighted by Gasteiger charge is 2.50. The summed E-state index contributed by atoms with van der Waals surface area (Å²) < 4.78 is 16.1. The van der Waals surface area contributed by atoms with Gasteiger partial charge in [-0.3, -0.25) is 10.1 Å². The highest BCUT2D eigenvalue weighted by atomic mass is 16.7. The number of hydrogen-bond acceptors (Lipinski definition) is 14. The van der Waals surface area contributed by atoms with Crippen LogP contribution in [0.25, 0.3) is 0 Å². The Labute approximate surface area is 211 Å². The fraction of sp³-hybridized carbons (Fsp3) is 0.682. The van der Waals surface area contributed by atoms with Gasteiger partial charge in [-0.15, -0.1) is 0 Å². The summed E-state index contributed by atoms with van der Waals surface area (Å²) in [6, 6.07) is 8.22. The summed E-state index contributed by atoms with van der Waals surface area (Å²) in [4.78, 5) is 12.3. The van der Waals surface area contributed by atoms with E-state index in [-0.39, 0.29) is 0 Å². The van der Waals surface area contributed by atoms with E-state index in [1.165, 1.54) is 0 Å².